The monoisotopic (exact) mass is 364 g/mol. The first kappa shape index (κ1) is 22.6. The normalized spacial score (nSPS) is 15.1. The Bertz CT molecular complexity index is 577. The van der Waals surface area contributed by atoms with Crippen molar-refractivity contribution < 1.29 is 4.79 Å². The number of halogens is 1. The third-order valence-corrected chi connectivity index (χ3v) is 3.69. The van der Waals surface area contributed by atoms with Gasteiger partial charge in [-0.1, -0.05) is 30.9 Å². The van der Waals surface area contributed by atoms with Gasteiger partial charge in [-0.3, -0.25) is 4.79 Å². The van der Waals surface area contributed by atoms with Gasteiger partial charge >= 0.3 is 0 Å². The molecule has 1 fully saturated rings. The van der Waals surface area contributed by atoms with Crippen LogP contribution in [-0.4, -0.2) is 30.2 Å². The van der Waals surface area contributed by atoms with Crippen LogP contribution in [0.3, 0.4) is 0 Å². The zero-order chi connectivity index (χ0) is 19.1. The van der Waals surface area contributed by atoms with Gasteiger partial charge in [0.2, 0.25) is 0 Å². The van der Waals surface area contributed by atoms with Crippen molar-refractivity contribution in [1.82, 2.24) is 10.3 Å². The maximum atomic E-state index is 11.2. The first-order chi connectivity index (χ1) is 12.2. The highest BCUT2D eigenvalue weighted by molar-refractivity contribution is 6.29. The molecular weight excluding hydrogens is 340 g/mol. The van der Waals surface area contributed by atoms with Crippen LogP contribution in [0.1, 0.15) is 32.1 Å². The minimum atomic E-state index is 0.164. The molecule has 0 aliphatic heterocycles. The van der Waals surface area contributed by atoms with Crippen molar-refractivity contribution in [1.29, 1.82) is 5.26 Å². The Morgan fingerprint density at radius 3 is 2.52 bits per heavy atom. The number of nitrogens with two attached hydrogens (primary N) is 2. The molecule has 136 valence electrons. The van der Waals surface area contributed by atoms with Gasteiger partial charge in [-0.05, 0) is 32.0 Å². The van der Waals surface area contributed by atoms with E-state index in [1.165, 1.54) is 32.5 Å². The van der Waals surface area contributed by atoms with Crippen LogP contribution in [0.25, 0.3) is 0 Å². The number of aldehydes is 1. The van der Waals surface area contributed by atoms with Crippen molar-refractivity contribution in [2.24, 2.45) is 16.5 Å². The van der Waals surface area contributed by atoms with Crippen LogP contribution in [0.5, 0.6) is 0 Å². The zero-order valence-corrected chi connectivity index (χ0v) is 15.1. The number of hydrogen-bond donors (Lipinski definition) is 3. The molecule has 0 saturated heterocycles. The molecule has 0 aromatic carbocycles. The van der Waals surface area contributed by atoms with Gasteiger partial charge in [0.25, 0.3) is 0 Å². The fourth-order valence-corrected chi connectivity index (χ4v) is 2.39. The number of carbonyl (C=O) groups is 1. The van der Waals surface area contributed by atoms with Crippen LogP contribution in [0.4, 0.5) is 5.69 Å². The van der Waals surface area contributed by atoms with E-state index in [1.807, 2.05) is 0 Å². The molecular formula is C17H25ClN6O. The number of amidine groups is 1. The number of aromatic nitrogens is 1. The van der Waals surface area contributed by atoms with E-state index < -0.39 is 0 Å². The Hall–Kier alpha value is -2.43. The molecule has 1 heterocycles. The molecule has 0 amide bonds. The highest BCUT2D eigenvalue weighted by Crippen LogP contribution is 2.17. The summed E-state index contributed by atoms with van der Waals surface area (Å²) in [6.45, 7) is 3.50. The second-order valence-electron chi connectivity index (χ2n) is 5.06. The maximum Gasteiger partial charge on any atom is 0.155 e. The SMILES string of the molecule is C#N.CN.NC(=Nc1ccc(Cl)nc1)/C(C=O)=C\NC1CCCCC1. The summed E-state index contributed by atoms with van der Waals surface area (Å²) in [6.07, 6.45) is 9.86. The van der Waals surface area contributed by atoms with Crippen molar-refractivity contribution in [3.63, 3.8) is 0 Å². The summed E-state index contributed by atoms with van der Waals surface area (Å²) in [5, 5.41) is 10.1. The number of pyridine rings is 1. The van der Waals surface area contributed by atoms with Crippen molar-refractivity contribution in [3.8, 4) is 6.57 Å². The summed E-state index contributed by atoms with van der Waals surface area (Å²) < 4.78 is 0. The van der Waals surface area contributed by atoms with Gasteiger partial charge in [-0.25, -0.2) is 15.2 Å². The van der Waals surface area contributed by atoms with Gasteiger partial charge in [0.05, 0.1) is 17.5 Å². The Morgan fingerprint density at radius 2 is 2.00 bits per heavy atom. The molecule has 5 N–H and O–H groups in total. The van der Waals surface area contributed by atoms with Crippen LogP contribution in [0.2, 0.25) is 5.15 Å². The number of nitriles is 1. The van der Waals surface area contributed by atoms with E-state index in [0.29, 0.717) is 28.7 Å². The predicted octanol–water partition coefficient (Wildman–Crippen LogP) is 2.44. The summed E-state index contributed by atoms with van der Waals surface area (Å²) in [5.74, 6) is 0.164. The highest BCUT2D eigenvalue weighted by atomic mass is 35.5. The Kier molecular flexibility index (Phi) is 12.6. The molecule has 25 heavy (non-hydrogen) atoms. The van der Waals surface area contributed by atoms with Gasteiger partial charge in [0, 0.05) is 18.8 Å². The number of rotatable bonds is 5. The molecule has 0 spiro atoms. The lowest BCUT2D eigenvalue weighted by Gasteiger charge is -2.22. The van der Waals surface area contributed by atoms with E-state index in [0.717, 1.165) is 12.8 Å². The van der Waals surface area contributed by atoms with Crippen molar-refractivity contribution >= 4 is 29.4 Å². The first-order valence-corrected chi connectivity index (χ1v) is 8.28. The number of nitrogens with zero attached hydrogens (tertiary/aromatic N) is 3. The summed E-state index contributed by atoms with van der Waals surface area (Å²) in [6, 6.07) is 3.73. The quantitative estimate of drug-likeness (QED) is 0.242. The van der Waals surface area contributed by atoms with Crippen molar-refractivity contribution in [2.45, 2.75) is 38.1 Å². The second-order valence-corrected chi connectivity index (χ2v) is 5.44. The van der Waals surface area contributed by atoms with Crippen LogP contribution in [0, 0.1) is 11.8 Å². The summed E-state index contributed by atoms with van der Waals surface area (Å²) in [7, 11) is 1.50. The standard InChI is InChI=1S/C15H19ClN4O.CH5N.CHN/c16-14-7-6-13(9-19-14)20-15(17)11(10-21)8-18-12-4-2-1-3-5-12;2*1-2/h6-10,12,18H,1-5H2,(H2,17,20);2H2,1H3;1H/b11-8-;;. The Labute approximate surface area is 153 Å². The van der Waals surface area contributed by atoms with Gasteiger partial charge in [0.15, 0.2) is 6.29 Å². The third-order valence-electron chi connectivity index (χ3n) is 3.46. The Balaban J connectivity index is 0.00000134. The molecule has 8 heteroatoms. The first-order valence-electron chi connectivity index (χ1n) is 7.90. The van der Waals surface area contributed by atoms with Gasteiger partial charge in [0.1, 0.15) is 11.0 Å². The van der Waals surface area contributed by atoms with Crippen molar-refractivity contribution in [3.05, 3.63) is 35.3 Å². The van der Waals surface area contributed by atoms with Crippen LogP contribution < -0.4 is 16.8 Å². The lowest BCUT2D eigenvalue weighted by atomic mass is 9.96. The number of carbonyl (C=O) groups excluding carboxylic acids is 1. The fraction of sp³-hybridized carbons (Fsp3) is 0.412. The topological polar surface area (TPSA) is 130 Å². The van der Waals surface area contributed by atoms with E-state index >= 15 is 0 Å². The minimum absolute atomic E-state index is 0.164. The van der Waals surface area contributed by atoms with E-state index in [9.17, 15) is 4.79 Å². The highest BCUT2D eigenvalue weighted by Gasteiger charge is 2.12. The van der Waals surface area contributed by atoms with Crippen LogP contribution in [0.15, 0.2) is 35.1 Å². The van der Waals surface area contributed by atoms with E-state index in [-0.39, 0.29) is 5.84 Å². The van der Waals surface area contributed by atoms with Gasteiger partial charge in [-0.15, -0.1) is 0 Å². The minimum Gasteiger partial charge on any atom is -0.387 e. The Morgan fingerprint density at radius 1 is 1.36 bits per heavy atom. The molecule has 1 saturated carbocycles. The molecule has 0 bridgehead atoms. The second kappa shape index (κ2) is 14.0. The third kappa shape index (κ3) is 8.84. The smallest absolute Gasteiger partial charge is 0.155 e. The summed E-state index contributed by atoms with van der Waals surface area (Å²) in [5.41, 5.74) is 11.3. The van der Waals surface area contributed by atoms with Gasteiger partial charge < -0.3 is 16.8 Å². The van der Waals surface area contributed by atoms with Gasteiger partial charge in [-0.2, -0.15) is 0 Å². The summed E-state index contributed by atoms with van der Waals surface area (Å²) in [4.78, 5) is 19.2. The molecule has 1 aromatic rings. The predicted molar refractivity (Wildman–Crippen MR) is 101 cm³/mol. The average Bonchev–Trinajstić information content (AvgIpc) is 2.68. The molecule has 2 rings (SSSR count). The molecule has 1 aliphatic carbocycles. The number of aliphatic imine (C=N–C) groups is 1. The molecule has 0 unspecified atom stereocenters. The van der Waals surface area contributed by atoms with Crippen LogP contribution >= 0.6 is 11.6 Å². The van der Waals surface area contributed by atoms with Crippen LogP contribution in [-0.2, 0) is 4.79 Å². The number of hydrogen-bond acceptors (Lipinski definition) is 6. The average molecular weight is 365 g/mol. The molecule has 1 aromatic heterocycles. The molecule has 0 radical (unpaired) electrons. The van der Waals surface area contributed by atoms with E-state index in [2.05, 4.69) is 27.6 Å². The van der Waals surface area contributed by atoms with Crippen molar-refractivity contribution in [2.75, 3.05) is 7.05 Å². The fourth-order valence-electron chi connectivity index (χ4n) is 2.28. The lowest BCUT2D eigenvalue weighted by molar-refractivity contribution is -0.104. The largest absolute Gasteiger partial charge is 0.387 e. The zero-order valence-electron chi connectivity index (χ0n) is 14.4. The lowest BCUT2D eigenvalue weighted by Crippen LogP contribution is -2.28. The van der Waals surface area contributed by atoms with E-state index in [1.54, 1.807) is 18.3 Å². The molecule has 7 nitrogen and oxygen atoms in total. The molecule has 1 aliphatic rings. The van der Waals surface area contributed by atoms with E-state index in [4.69, 9.17) is 22.6 Å². The summed E-state index contributed by atoms with van der Waals surface area (Å²) >= 11 is 5.71. The maximum absolute atomic E-state index is 11.2. The number of nitrogens with one attached hydrogen (secondary N) is 1. The molecule has 0 atom stereocenters.